The van der Waals surface area contributed by atoms with Gasteiger partial charge < -0.3 is 19.9 Å². The third-order valence-corrected chi connectivity index (χ3v) is 3.12. The summed E-state index contributed by atoms with van der Waals surface area (Å²) >= 11 is 0. The molecule has 9 heteroatoms. The van der Waals surface area contributed by atoms with Crippen molar-refractivity contribution in [2.75, 3.05) is 20.0 Å². The van der Waals surface area contributed by atoms with E-state index in [1.54, 1.807) is 0 Å². The number of nitrogen functional groups attached to an aromatic ring is 1. The van der Waals surface area contributed by atoms with Gasteiger partial charge in [-0.1, -0.05) is 0 Å². The molecule has 3 rings (SSSR count). The maximum absolute atomic E-state index is 14.2. The van der Waals surface area contributed by atoms with Gasteiger partial charge in [0, 0.05) is 12.1 Å². The van der Waals surface area contributed by atoms with E-state index in [9.17, 15) is 8.78 Å². The first-order valence-electron chi connectivity index (χ1n) is 6.69. The summed E-state index contributed by atoms with van der Waals surface area (Å²) in [6.07, 6.45) is 2.12. The van der Waals surface area contributed by atoms with Crippen LogP contribution in [0.25, 0.3) is 11.0 Å². The summed E-state index contributed by atoms with van der Waals surface area (Å²) in [5.41, 5.74) is 5.85. The predicted molar refractivity (Wildman–Crippen MR) is 81.3 cm³/mol. The van der Waals surface area contributed by atoms with Crippen molar-refractivity contribution in [2.24, 2.45) is 0 Å². The molecule has 0 spiro atoms. The van der Waals surface area contributed by atoms with E-state index in [0.717, 1.165) is 12.3 Å². The molecule has 0 aliphatic rings. The Labute approximate surface area is 135 Å². The number of nitrogens with two attached hydrogens (primary N) is 1. The molecule has 0 unspecified atom stereocenters. The number of methoxy groups -OCH3 is 2. The Kier molecular flexibility index (Phi) is 3.98. The second-order valence-electron chi connectivity index (χ2n) is 4.66. The van der Waals surface area contributed by atoms with Gasteiger partial charge in [-0.2, -0.15) is 0 Å². The van der Waals surface area contributed by atoms with E-state index in [1.807, 2.05) is 0 Å². The lowest BCUT2D eigenvalue weighted by atomic mass is 10.3. The van der Waals surface area contributed by atoms with Gasteiger partial charge in [0.1, 0.15) is 5.52 Å². The molecule has 3 heterocycles. The molecule has 2 N–H and O–H groups in total. The van der Waals surface area contributed by atoms with Crippen LogP contribution in [0, 0.1) is 11.6 Å². The largest absolute Gasteiger partial charge is 0.491 e. The summed E-state index contributed by atoms with van der Waals surface area (Å²) < 4.78 is 43.5. The molecule has 3 aromatic rings. The highest BCUT2D eigenvalue weighted by atomic mass is 19.1. The van der Waals surface area contributed by atoms with Gasteiger partial charge in [0.25, 0.3) is 11.8 Å². The summed E-state index contributed by atoms with van der Waals surface area (Å²) in [6.45, 7) is 0. The van der Waals surface area contributed by atoms with Crippen LogP contribution in [0.3, 0.4) is 0 Å². The topological polar surface area (TPSA) is 92.4 Å². The molecule has 0 aliphatic heterocycles. The summed E-state index contributed by atoms with van der Waals surface area (Å²) in [4.78, 5) is 11.7. The van der Waals surface area contributed by atoms with Gasteiger partial charge in [0.05, 0.1) is 37.8 Å². The third kappa shape index (κ3) is 2.71. The molecule has 0 atom stereocenters. The molecule has 7 nitrogen and oxygen atoms in total. The molecule has 0 saturated carbocycles. The summed E-state index contributed by atoms with van der Waals surface area (Å²) in [5.74, 6) is -2.02. The van der Waals surface area contributed by atoms with Gasteiger partial charge in [-0.25, -0.2) is 18.7 Å². The predicted octanol–water partition coefficient (Wildman–Crippen LogP) is 2.69. The molecular formula is C15H12F2N4O3. The Morgan fingerprint density at radius 3 is 2.42 bits per heavy atom. The molecule has 0 saturated heterocycles. The Bertz CT molecular complexity index is 921. The molecule has 3 aromatic heterocycles. The van der Waals surface area contributed by atoms with E-state index in [4.69, 9.17) is 19.9 Å². The minimum absolute atomic E-state index is 0.0330. The highest BCUT2D eigenvalue weighted by Crippen LogP contribution is 2.35. The fraction of sp³-hybridized carbons (Fsp3) is 0.133. The van der Waals surface area contributed by atoms with Gasteiger partial charge in [-0.3, -0.25) is 4.98 Å². The first kappa shape index (κ1) is 15.7. The van der Waals surface area contributed by atoms with E-state index in [1.165, 1.54) is 26.5 Å². The molecular weight excluding hydrogens is 322 g/mol. The zero-order chi connectivity index (χ0) is 17.3. The summed E-state index contributed by atoms with van der Waals surface area (Å²) in [6, 6.07) is 2.51. The summed E-state index contributed by atoms with van der Waals surface area (Å²) in [5, 5.41) is 0. The van der Waals surface area contributed by atoms with Crippen LogP contribution in [0.2, 0.25) is 0 Å². The number of fused-ring (bicyclic) bond motifs is 1. The monoisotopic (exact) mass is 334 g/mol. The standard InChI is InChI=1S/C15H12F2N4O3/c1-22-11-4-10-12(21-15(11)23-2)13(9(17)6-19-10)24-14-8(16)3-7(18)5-20-14/h3-6H,18H2,1-2H3. The number of nitrogens with zero attached hydrogens (tertiary/aromatic N) is 3. The van der Waals surface area contributed by atoms with Crippen molar-refractivity contribution < 1.29 is 23.0 Å². The lowest BCUT2D eigenvalue weighted by molar-refractivity contribution is 0.343. The Morgan fingerprint density at radius 2 is 1.75 bits per heavy atom. The van der Waals surface area contributed by atoms with Crippen molar-refractivity contribution in [3.63, 3.8) is 0 Å². The van der Waals surface area contributed by atoms with Crippen LogP contribution in [-0.2, 0) is 0 Å². The summed E-state index contributed by atoms with van der Waals surface area (Å²) in [7, 11) is 2.81. The fourth-order valence-corrected chi connectivity index (χ4v) is 2.03. The van der Waals surface area contributed by atoms with Gasteiger partial charge in [0.15, 0.2) is 23.1 Å². The molecule has 0 bridgehead atoms. The lowest BCUT2D eigenvalue weighted by Crippen LogP contribution is -2.00. The maximum atomic E-state index is 14.2. The number of pyridine rings is 3. The van der Waals surface area contributed by atoms with Crippen molar-refractivity contribution in [3.05, 3.63) is 36.2 Å². The van der Waals surface area contributed by atoms with Crippen LogP contribution in [0.4, 0.5) is 14.5 Å². The molecule has 0 fully saturated rings. The van der Waals surface area contributed by atoms with Crippen LogP contribution in [0.15, 0.2) is 24.5 Å². The molecule has 0 radical (unpaired) electrons. The van der Waals surface area contributed by atoms with E-state index < -0.39 is 17.5 Å². The first-order valence-corrected chi connectivity index (χ1v) is 6.69. The third-order valence-electron chi connectivity index (χ3n) is 3.12. The second kappa shape index (κ2) is 6.11. The van der Waals surface area contributed by atoms with Crippen LogP contribution < -0.4 is 19.9 Å². The Morgan fingerprint density at radius 1 is 0.958 bits per heavy atom. The van der Waals surface area contributed by atoms with Crippen molar-refractivity contribution in [1.82, 2.24) is 15.0 Å². The second-order valence-corrected chi connectivity index (χ2v) is 4.66. The SMILES string of the molecule is COc1cc2ncc(F)c(Oc3ncc(N)cc3F)c2nc1OC. The van der Waals surface area contributed by atoms with Crippen LogP contribution in [0.5, 0.6) is 23.3 Å². The van der Waals surface area contributed by atoms with Gasteiger partial charge in [-0.15, -0.1) is 0 Å². The first-order chi connectivity index (χ1) is 11.5. The minimum atomic E-state index is -0.833. The fourth-order valence-electron chi connectivity index (χ4n) is 2.03. The average Bonchev–Trinajstić information content (AvgIpc) is 2.58. The molecule has 0 amide bonds. The van der Waals surface area contributed by atoms with Crippen LogP contribution in [-0.4, -0.2) is 29.2 Å². The van der Waals surface area contributed by atoms with Crippen molar-refractivity contribution >= 4 is 16.7 Å². The molecule has 124 valence electrons. The number of ether oxygens (including phenoxy) is 3. The number of hydrogen-bond donors (Lipinski definition) is 1. The van der Waals surface area contributed by atoms with E-state index in [-0.39, 0.29) is 28.4 Å². The van der Waals surface area contributed by atoms with Gasteiger partial charge in [-0.05, 0) is 0 Å². The number of rotatable bonds is 4. The van der Waals surface area contributed by atoms with Crippen molar-refractivity contribution in [3.8, 4) is 23.3 Å². The minimum Gasteiger partial charge on any atom is -0.491 e. The number of hydrogen-bond acceptors (Lipinski definition) is 7. The van der Waals surface area contributed by atoms with Gasteiger partial charge >= 0.3 is 0 Å². The van der Waals surface area contributed by atoms with Crippen molar-refractivity contribution in [2.45, 2.75) is 0 Å². The lowest BCUT2D eigenvalue weighted by Gasteiger charge is -2.12. The van der Waals surface area contributed by atoms with E-state index in [2.05, 4.69) is 15.0 Å². The van der Waals surface area contributed by atoms with Crippen LogP contribution in [0.1, 0.15) is 0 Å². The molecule has 0 aromatic carbocycles. The highest BCUT2D eigenvalue weighted by molar-refractivity contribution is 5.83. The van der Waals surface area contributed by atoms with E-state index in [0.29, 0.717) is 5.75 Å². The molecule has 24 heavy (non-hydrogen) atoms. The zero-order valence-corrected chi connectivity index (χ0v) is 12.7. The van der Waals surface area contributed by atoms with E-state index >= 15 is 0 Å². The number of aromatic nitrogens is 3. The Balaban J connectivity index is 2.17. The van der Waals surface area contributed by atoms with Gasteiger partial charge in [0.2, 0.25) is 0 Å². The maximum Gasteiger partial charge on any atom is 0.257 e. The zero-order valence-electron chi connectivity index (χ0n) is 12.7. The highest BCUT2D eigenvalue weighted by Gasteiger charge is 2.19. The van der Waals surface area contributed by atoms with Crippen LogP contribution >= 0.6 is 0 Å². The average molecular weight is 334 g/mol. The quantitative estimate of drug-likeness (QED) is 0.784. The normalized spacial score (nSPS) is 10.7. The smallest absolute Gasteiger partial charge is 0.257 e. The Hall–Kier alpha value is -3.23. The molecule has 0 aliphatic carbocycles. The van der Waals surface area contributed by atoms with Crippen molar-refractivity contribution in [1.29, 1.82) is 0 Å². The number of anilines is 1. The number of halogens is 2.